The van der Waals surface area contributed by atoms with Crippen LogP contribution in [0.2, 0.25) is 0 Å². The number of likely N-dealkylation sites (N-methyl/N-ethyl adjacent to an activating group) is 1. The molecule has 5 nitrogen and oxygen atoms in total. The molecule has 1 unspecified atom stereocenters. The summed E-state index contributed by atoms with van der Waals surface area (Å²) in [4.78, 5) is 20.0. The summed E-state index contributed by atoms with van der Waals surface area (Å²) in [5.41, 5.74) is 2.44. The number of benzene rings is 2. The van der Waals surface area contributed by atoms with Gasteiger partial charge in [-0.25, -0.2) is 4.98 Å². The molecule has 0 spiro atoms. The molecule has 1 aromatic heterocycles. The molecule has 1 atom stereocenters. The molecule has 1 amide bonds. The van der Waals surface area contributed by atoms with Crippen molar-refractivity contribution in [1.82, 2.24) is 10.3 Å². The predicted molar refractivity (Wildman–Crippen MR) is 117 cm³/mol. The molecule has 2 aromatic carbocycles. The molecule has 1 fully saturated rings. The molecule has 0 bridgehead atoms. The Kier molecular flexibility index (Phi) is 6.54. The van der Waals surface area contributed by atoms with Crippen LogP contribution in [0.5, 0.6) is 0 Å². The van der Waals surface area contributed by atoms with E-state index in [4.69, 9.17) is 0 Å². The van der Waals surface area contributed by atoms with Gasteiger partial charge in [-0.05, 0) is 12.1 Å². The fourth-order valence-electron chi connectivity index (χ4n) is 4.10. The van der Waals surface area contributed by atoms with Gasteiger partial charge < -0.3 is 15.1 Å². The van der Waals surface area contributed by atoms with E-state index in [0.29, 0.717) is 12.6 Å². The van der Waals surface area contributed by atoms with E-state index in [1.807, 2.05) is 18.2 Å². The van der Waals surface area contributed by atoms with Crippen molar-refractivity contribution < 1.29 is 14.6 Å². The largest absolute Gasteiger partial charge is 0.348 e. The van der Waals surface area contributed by atoms with Gasteiger partial charge in [0.25, 0.3) is 5.91 Å². The Labute approximate surface area is 176 Å². The fourth-order valence-corrected chi connectivity index (χ4v) is 5.18. The lowest BCUT2D eigenvalue weighted by Gasteiger charge is -2.30. The highest BCUT2D eigenvalue weighted by atomic mass is 32.1. The number of carbonyl (C=O) groups is 1. The molecule has 29 heavy (non-hydrogen) atoms. The van der Waals surface area contributed by atoms with Crippen LogP contribution in [-0.2, 0) is 17.9 Å². The maximum atomic E-state index is 12.5. The minimum absolute atomic E-state index is 0.153. The molecular formula is C23H30N4OS+2. The zero-order valence-corrected chi connectivity index (χ0v) is 17.8. The monoisotopic (exact) mass is 410 g/mol. The van der Waals surface area contributed by atoms with Gasteiger partial charge in [0.2, 0.25) is 0 Å². The van der Waals surface area contributed by atoms with Crippen LogP contribution < -0.4 is 15.1 Å². The summed E-state index contributed by atoms with van der Waals surface area (Å²) in [5, 5.41) is 4.35. The van der Waals surface area contributed by atoms with Crippen molar-refractivity contribution in [2.75, 3.05) is 26.7 Å². The first-order valence-electron chi connectivity index (χ1n) is 10.5. The first-order valence-corrected chi connectivity index (χ1v) is 11.3. The standard InChI is InChI=1S/C23H28N4OS/c1-26(17-23-25-20-9-5-6-10-21(20)29-23)16-22(28)24-19-11-13-27(14-12-19)15-18-7-3-2-4-8-18/h2-10,19H,11-17H2,1H3,(H,24,28)/p+2. The number of hydrogen-bond acceptors (Lipinski definition) is 3. The predicted octanol–water partition coefficient (Wildman–Crippen LogP) is 0.675. The number of para-hydroxylation sites is 1. The Hall–Kier alpha value is -2.28. The minimum Gasteiger partial charge on any atom is -0.348 e. The molecule has 6 heteroatoms. The second kappa shape index (κ2) is 9.48. The first kappa shape index (κ1) is 20.0. The van der Waals surface area contributed by atoms with Crippen LogP contribution in [0.1, 0.15) is 23.4 Å². The second-order valence-electron chi connectivity index (χ2n) is 8.14. The summed E-state index contributed by atoms with van der Waals surface area (Å²) in [6, 6.07) is 19.2. The molecule has 3 aromatic rings. The SMILES string of the molecule is C[NH+](CC(=O)NC1CC[NH+](Cc2ccccc2)CC1)Cc1nc2ccccc2s1. The average molecular weight is 411 g/mol. The lowest BCUT2D eigenvalue weighted by molar-refractivity contribution is -0.918. The number of fused-ring (bicyclic) bond motifs is 1. The third-order valence-corrected chi connectivity index (χ3v) is 6.64. The topological polar surface area (TPSA) is 50.9 Å². The Bertz CT molecular complexity index is 901. The highest BCUT2D eigenvalue weighted by Crippen LogP contribution is 2.20. The second-order valence-corrected chi connectivity index (χ2v) is 9.26. The van der Waals surface area contributed by atoms with E-state index in [9.17, 15) is 4.79 Å². The van der Waals surface area contributed by atoms with Gasteiger partial charge >= 0.3 is 0 Å². The lowest BCUT2D eigenvalue weighted by atomic mass is 10.0. The number of rotatable bonds is 7. The van der Waals surface area contributed by atoms with E-state index in [0.717, 1.165) is 49.5 Å². The number of likely N-dealkylation sites (tertiary alicyclic amines) is 1. The summed E-state index contributed by atoms with van der Waals surface area (Å²) >= 11 is 1.72. The molecule has 3 N–H and O–H groups in total. The molecule has 0 saturated carbocycles. The van der Waals surface area contributed by atoms with E-state index in [1.54, 1.807) is 16.2 Å². The van der Waals surface area contributed by atoms with Gasteiger partial charge in [-0.2, -0.15) is 0 Å². The number of thiazole rings is 1. The van der Waals surface area contributed by atoms with Crippen molar-refractivity contribution in [2.45, 2.75) is 32.0 Å². The van der Waals surface area contributed by atoms with Crippen molar-refractivity contribution in [1.29, 1.82) is 0 Å². The molecule has 1 saturated heterocycles. The molecule has 1 aliphatic rings. The Morgan fingerprint density at radius 1 is 1.14 bits per heavy atom. The zero-order chi connectivity index (χ0) is 20.1. The summed E-state index contributed by atoms with van der Waals surface area (Å²) in [6.07, 6.45) is 2.12. The van der Waals surface area contributed by atoms with Crippen molar-refractivity contribution in [3.05, 3.63) is 65.2 Å². The van der Waals surface area contributed by atoms with E-state index in [2.05, 4.69) is 53.7 Å². The smallest absolute Gasteiger partial charge is 0.275 e. The minimum atomic E-state index is 0.153. The summed E-state index contributed by atoms with van der Waals surface area (Å²) in [5.74, 6) is 0.153. The summed E-state index contributed by atoms with van der Waals surface area (Å²) < 4.78 is 1.21. The van der Waals surface area contributed by atoms with Crippen LogP contribution >= 0.6 is 11.3 Å². The van der Waals surface area contributed by atoms with Crippen LogP contribution in [0.3, 0.4) is 0 Å². The van der Waals surface area contributed by atoms with Gasteiger partial charge in [-0.3, -0.25) is 4.79 Å². The van der Waals surface area contributed by atoms with E-state index >= 15 is 0 Å². The van der Waals surface area contributed by atoms with Gasteiger partial charge in [0.15, 0.2) is 6.54 Å². The van der Waals surface area contributed by atoms with Crippen molar-refractivity contribution in [3.8, 4) is 0 Å². The van der Waals surface area contributed by atoms with Gasteiger partial charge in [-0.15, -0.1) is 11.3 Å². The summed E-state index contributed by atoms with van der Waals surface area (Å²) in [7, 11) is 2.07. The van der Waals surface area contributed by atoms with Crippen LogP contribution in [-0.4, -0.2) is 43.6 Å². The molecular weight excluding hydrogens is 380 g/mol. The number of carbonyl (C=O) groups excluding carboxylic acids is 1. The van der Waals surface area contributed by atoms with Gasteiger partial charge in [0.1, 0.15) is 18.1 Å². The van der Waals surface area contributed by atoms with Gasteiger partial charge in [0, 0.05) is 24.4 Å². The van der Waals surface area contributed by atoms with Crippen LogP contribution in [0, 0.1) is 0 Å². The highest BCUT2D eigenvalue weighted by Gasteiger charge is 2.24. The van der Waals surface area contributed by atoms with Crippen LogP contribution in [0.25, 0.3) is 10.2 Å². The first-order chi connectivity index (χ1) is 14.2. The summed E-state index contributed by atoms with van der Waals surface area (Å²) in [6.45, 7) is 4.60. The third kappa shape index (κ3) is 5.63. The Morgan fingerprint density at radius 3 is 2.62 bits per heavy atom. The van der Waals surface area contributed by atoms with E-state index in [1.165, 1.54) is 15.2 Å². The number of hydrogen-bond donors (Lipinski definition) is 3. The molecule has 0 aliphatic carbocycles. The normalized spacial score (nSPS) is 20.4. The molecule has 152 valence electrons. The fraction of sp³-hybridized carbons (Fsp3) is 0.391. The van der Waals surface area contributed by atoms with Gasteiger partial charge in [0.05, 0.1) is 30.4 Å². The maximum absolute atomic E-state index is 12.5. The quantitative estimate of drug-likeness (QED) is 0.536. The Balaban J connectivity index is 1.19. The van der Waals surface area contributed by atoms with Crippen molar-refractivity contribution in [3.63, 3.8) is 0 Å². The van der Waals surface area contributed by atoms with Crippen molar-refractivity contribution >= 4 is 27.5 Å². The molecule has 1 aliphatic heterocycles. The molecule has 0 radical (unpaired) electrons. The number of nitrogens with one attached hydrogen (secondary N) is 3. The number of piperidine rings is 1. The highest BCUT2D eigenvalue weighted by molar-refractivity contribution is 7.18. The number of quaternary nitrogens is 2. The number of aromatic nitrogens is 1. The average Bonchev–Trinajstić information content (AvgIpc) is 3.12. The third-order valence-electron chi connectivity index (χ3n) is 5.61. The number of amides is 1. The zero-order valence-electron chi connectivity index (χ0n) is 17.0. The van der Waals surface area contributed by atoms with Gasteiger partial charge in [-0.1, -0.05) is 42.5 Å². The van der Waals surface area contributed by atoms with E-state index in [-0.39, 0.29) is 5.91 Å². The van der Waals surface area contributed by atoms with Crippen LogP contribution in [0.4, 0.5) is 0 Å². The van der Waals surface area contributed by atoms with Crippen molar-refractivity contribution in [2.24, 2.45) is 0 Å². The molecule has 2 heterocycles. The number of nitrogens with zero attached hydrogens (tertiary/aromatic N) is 1. The Morgan fingerprint density at radius 2 is 1.86 bits per heavy atom. The molecule has 4 rings (SSSR count). The van der Waals surface area contributed by atoms with Crippen LogP contribution in [0.15, 0.2) is 54.6 Å². The lowest BCUT2D eigenvalue weighted by Crippen LogP contribution is -3.12. The van der Waals surface area contributed by atoms with E-state index < -0.39 is 0 Å². The maximum Gasteiger partial charge on any atom is 0.275 e.